The molecule has 20 heavy (non-hydrogen) atoms. The van der Waals surface area contributed by atoms with E-state index in [4.69, 9.17) is 14.6 Å². The largest absolute Gasteiger partial charge is 0.497 e. The molecule has 0 radical (unpaired) electrons. The number of benzene rings is 1. The number of carboxylic acids is 1. The van der Waals surface area contributed by atoms with Gasteiger partial charge in [0.05, 0.1) is 20.1 Å². The normalized spacial score (nSPS) is 22.8. The Kier molecular flexibility index (Phi) is 4.49. The Morgan fingerprint density at radius 2 is 1.90 bits per heavy atom. The number of rotatable bonds is 5. The van der Waals surface area contributed by atoms with Crippen LogP contribution in [-0.4, -0.2) is 42.8 Å². The molecule has 110 valence electrons. The number of hydrogen-bond acceptors (Lipinski definition) is 4. The fraction of sp³-hybridized carbons (Fsp3) is 0.533. The van der Waals surface area contributed by atoms with Crippen molar-refractivity contribution in [2.45, 2.75) is 25.9 Å². The molecule has 0 bridgehead atoms. The van der Waals surface area contributed by atoms with E-state index in [1.807, 2.05) is 25.1 Å². The minimum absolute atomic E-state index is 0.0460. The van der Waals surface area contributed by atoms with E-state index in [0.717, 1.165) is 23.6 Å². The van der Waals surface area contributed by atoms with Gasteiger partial charge in [0.15, 0.2) is 0 Å². The first-order valence-corrected chi connectivity index (χ1v) is 6.74. The van der Waals surface area contributed by atoms with Crippen LogP contribution in [0.2, 0.25) is 0 Å². The molecule has 2 rings (SSSR count). The maximum absolute atomic E-state index is 11.1. The zero-order valence-corrected chi connectivity index (χ0v) is 12.1. The molecule has 1 aliphatic heterocycles. The molecular formula is C15H21NO4. The van der Waals surface area contributed by atoms with E-state index >= 15 is 0 Å². The van der Waals surface area contributed by atoms with Crippen LogP contribution in [-0.2, 0) is 11.3 Å². The molecule has 1 heterocycles. The number of ether oxygens (including phenoxy) is 2. The van der Waals surface area contributed by atoms with Gasteiger partial charge in [0.1, 0.15) is 11.5 Å². The maximum Gasteiger partial charge on any atom is 0.308 e. The minimum atomic E-state index is -0.705. The second-order valence-electron chi connectivity index (χ2n) is 5.17. The molecule has 2 atom stereocenters. The summed E-state index contributed by atoms with van der Waals surface area (Å²) in [4.78, 5) is 13.3. The molecule has 5 nitrogen and oxygen atoms in total. The average Bonchev–Trinajstić information content (AvgIpc) is 2.79. The van der Waals surface area contributed by atoms with Gasteiger partial charge in [-0.2, -0.15) is 0 Å². The number of carboxylic acid groups (broad SMARTS) is 1. The van der Waals surface area contributed by atoms with Crippen molar-refractivity contribution in [3.05, 3.63) is 23.8 Å². The molecule has 0 spiro atoms. The topological polar surface area (TPSA) is 59.0 Å². The van der Waals surface area contributed by atoms with E-state index < -0.39 is 5.97 Å². The Hall–Kier alpha value is -1.75. The van der Waals surface area contributed by atoms with Gasteiger partial charge in [-0.15, -0.1) is 0 Å². The van der Waals surface area contributed by atoms with Crippen LogP contribution in [0, 0.1) is 5.92 Å². The summed E-state index contributed by atoms with van der Waals surface area (Å²) in [5, 5.41) is 9.17. The standard InChI is InChI=1S/C15H21NO4/c1-10-14(15(17)18)4-5-16(10)9-11-6-12(19-2)8-13(7-11)20-3/h6-8,10,14H,4-5,9H2,1-3H3,(H,17,18). The van der Waals surface area contributed by atoms with Crippen LogP contribution in [0.4, 0.5) is 0 Å². The van der Waals surface area contributed by atoms with E-state index in [1.54, 1.807) is 14.2 Å². The summed E-state index contributed by atoms with van der Waals surface area (Å²) in [7, 11) is 3.25. The Morgan fingerprint density at radius 1 is 1.30 bits per heavy atom. The van der Waals surface area contributed by atoms with Crippen LogP contribution in [0.25, 0.3) is 0 Å². The van der Waals surface area contributed by atoms with Crippen molar-refractivity contribution in [2.24, 2.45) is 5.92 Å². The summed E-state index contributed by atoms with van der Waals surface area (Å²) in [6.45, 7) is 3.49. The molecule has 2 unspecified atom stereocenters. The molecule has 0 saturated carbocycles. The Labute approximate surface area is 119 Å². The van der Waals surface area contributed by atoms with E-state index in [-0.39, 0.29) is 12.0 Å². The van der Waals surface area contributed by atoms with E-state index in [1.165, 1.54) is 0 Å². The van der Waals surface area contributed by atoms with Crippen LogP contribution in [0.1, 0.15) is 18.9 Å². The van der Waals surface area contributed by atoms with Crippen molar-refractivity contribution in [1.29, 1.82) is 0 Å². The second kappa shape index (κ2) is 6.13. The van der Waals surface area contributed by atoms with E-state index in [0.29, 0.717) is 13.0 Å². The first-order valence-electron chi connectivity index (χ1n) is 6.74. The molecule has 5 heteroatoms. The second-order valence-corrected chi connectivity index (χ2v) is 5.17. The van der Waals surface area contributed by atoms with Crippen molar-refractivity contribution in [3.8, 4) is 11.5 Å². The highest BCUT2D eigenvalue weighted by molar-refractivity contribution is 5.71. The van der Waals surface area contributed by atoms with Crippen LogP contribution in [0.3, 0.4) is 0 Å². The number of hydrogen-bond donors (Lipinski definition) is 1. The third-order valence-corrected chi connectivity index (χ3v) is 4.00. The lowest BCUT2D eigenvalue weighted by Crippen LogP contribution is -2.32. The summed E-state index contributed by atoms with van der Waals surface area (Å²) >= 11 is 0. The minimum Gasteiger partial charge on any atom is -0.497 e. The number of nitrogens with zero attached hydrogens (tertiary/aromatic N) is 1. The summed E-state index contributed by atoms with van der Waals surface area (Å²) in [5.41, 5.74) is 1.07. The van der Waals surface area contributed by atoms with Gasteiger partial charge >= 0.3 is 5.97 Å². The molecule has 0 aliphatic carbocycles. The van der Waals surface area contributed by atoms with Gasteiger partial charge in [0.25, 0.3) is 0 Å². The zero-order chi connectivity index (χ0) is 14.7. The highest BCUT2D eigenvalue weighted by Gasteiger charge is 2.35. The number of carbonyl (C=O) groups is 1. The van der Waals surface area contributed by atoms with Gasteiger partial charge in [0, 0.05) is 18.7 Å². The Morgan fingerprint density at radius 3 is 2.35 bits per heavy atom. The summed E-state index contributed by atoms with van der Waals surface area (Å²) in [6.07, 6.45) is 0.706. The zero-order valence-electron chi connectivity index (χ0n) is 12.1. The van der Waals surface area contributed by atoms with E-state index in [2.05, 4.69) is 4.90 Å². The first-order chi connectivity index (χ1) is 9.55. The van der Waals surface area contributed by atoms with Gasteiger partial charge in [-0.3, -0.25) is 9.69 Å². The van der Waals surface area contributed by atoms with Crippen molar-refractivity contribution in [3.63, 3.8) is 0 Å². The van der Waals surface area contributed by atoms with Gasteiger partial charge in [-0.1, -0.05) is 0 Å². The fourth-order valence-electron chi connectivity index (χ4n) is 2.75. The van der Waals surface area contributed by atoms with Gasteiger partial charge in [0.2, 0.25) is 0 Å². The molecular weight excluding hydrogens is 258 g/mol. The number of aliphatic carboxylic acids is 1. The highest BCUT2D eigenvalue weighted by atomic mass is 16.5. The van der Waals surface area contributed by atoms with E-state index in [9.17, 15) is 4.79 Å². The third kappa shape index (κ3) is 3.04. The molecule has 0 amide bonds. The van der Waals surface area contributed by atoms with Crippen molar-refractivity contribution in [1.82, 2.24) is 4.90 Å². The molecule has 1 saturated heterocycles. The quantitative estimate of drug-likeness (QED) is 0.893. The van der Waals surface area contributed by atoms with Crippen LogP contribution < -0.4 is 9.47 Å². The maximum atomic E-state index is 11.1. The average molecular weight is 279 g/mol. The van der Waals surface area contributed by atoms with Crippen LogP contribution in [0.15, 0.2) is 18.2 Å². The predicted octanol–water partition coefficient (Wildman–Crippen LogP) is 2.00. The highest BCUT2D eigenvalue weighted by Crippen LogP contribution is 2.28. The summed E-state index contributed by atoms with van der Waals surface area (Å²) in [5.74, 6) is 0.521. The molecule has 1 aromatic rings. The van der Waals surface area contributed by atoms with Crippen LogP contribution in [0.5, 0.6) is 11.5 Å². The molecule has 1 aromatic carbocycles. The number of methoxy groups -OCH3 is 2. The van der Waals surface area contributed by atoms with Gasteiger partial charge in [-0.05, 0) is 37.6 Å². The molecule has 0 aromatic heterocycles. The summed E-state index contributed by atoms with van der Waals surface area (Å²) in [6, 6.07) is 5.80. The lowest BCUT2D eigenvalue weighted by molar-refractivity contribution is -0.142. The van der Waals surface area contributed by atoms with Gasteiger partial charge < -0.3 is 14.6 Å². The smallest absolute Gasteiger partial charge is 0.308 e. The lowest BCUT2D eigenvalue weighted by atomic mass is 10.0. The third-order valence-electron chi connectivity index (χ3n) is 4.00. The fourth-order valence-corrected chi connectivity index (χ4v) is 2.75. The SMILES string of the molecule is COc1cc(CN2CCC(C(=O)O)C2C)cc(OC)c1. The van der Waals surface area contributed by atoms with Crippen molar-refractivity contribution < 1.29 is 19.4 Å². The van der Waals surface area contributed by atoms with Gasteiger partial charge in [-0.25, -0.2) is 0 Å². The molecule has 1 N–H and O–H groups in total. The monoisotopic (exact) mass is 279 g/mol. The molecule has 1 aliphatic rings. The molecule has 1 fully saturated rings. The Bertz CT molecular complexity index is 467. The Balaban J connectivity index is 2.12. The number of likely N-dealkylation sites (tertiary alicyclic amines) is 1. The predicted molar refractivity (Wildman–Crippen MR) is 75.2 cm³/mol. The van der Waals surface area contributed by atoms with Crippen molar-refractivity contribution in [2.75, 3.05) is 20.8 Å². The first kappa shape index (κ1) is 14.7. The lowest BCUT2D eigenvalue weighted by Gasteiger charge is -2.23. The summed E-state index contributed by atoms with van der Waals surface area (Å²) < 4.78 is 10.5. The van der Waals surface area contributed by atoms with Crippen molar-refractivity contribution >= 4 is 5.97 Å². The van der Waals surface area contributed by atoms with Crippen LogP contribution >= 0.6 is 0 Å².